The number of halogens is 2. The van der Waals surface area contributed by atoms with Crippen LogP contribution in [0.25, 0.3) is 0 Å². The molecule has 3 atom stereocenters. The van der Waals surface area contributed by atoms with E-state index in [9.17, 15) is 8.42 Å². The molecule has 2 aromatic carbocycles. The molecule has 0 N–H and O–H groups in total. The fraction of sp³-hybridized carbons (Fsp3) is 0.400. The summed E-state index contributed by atoms with van der Waals surface area (Å²) in [7, 11) is -1.20. The molecule has 27 heavy (non-hydrogen) atoms. The molecule has 0 bridgehead atoms. The maximum atomic E-state index is 12.9. The van der Waals surface area contributed by atoms with E-state index in [1.807, 2.05) is 12.1 Å². The van der Waals surface area contributed by atoms with Gasteiger partial charge in [-0.15, -0.1) is 12.4 Å². The summed E-state index contributed by atoms with van der Waals surface area (Å²) >= 11 is 6.00. The van der Waals surface area contributed by atoms with Gasteiger partial charge in [0.25, 0.3) is 0 Å². The van der Waals surface area contributed by atoms with Gasteiger partial charge in [0.1, 0.15) is 0 Å². The summed E-state index contributed by atoms with van der Waals surface area (Å²) in [6.45, 7) is 2.14. The molecule has 0 spiro atoms. The van der Waals surface area contributed by atoms with Crippen LogP contribution in [0.3, 0.4) is 0 Å². The number of hydrogen-bond donors (Lipinski definition) is 0. The Morgan fingerprint density at radius 2 is 1.78 bits per heavy atom. The number of hydrogen-bond acceptors (Lipinski definition) is 3. The molecule has 0 unspecified atom stereocenters. The zero-order chi connectivity index (χ0) is 18.3. The molecule has 4 nitrogen and oxygen atoms in total. The predicted molar refractivity (Wildman–Crippen MR) is 112 cm³/mol. The van der Waals surface area contributed by atoms with Crippen LogP contribution in [-0.2, 0) is 15.8 Å². The van der Waals surface area contributed by atoms with Crippen molar-refractivity contribution in [2.45, 2.75) is 11.8 Å². The summed E-state index contributed by atoms with van der Waals surface area (Å²) in [6.07, 6.45) is 0. The molecular weight excluding hydrogens is 403 g/mol. The topological polar surface area (TPSA) is 40.6 Å². The van der Waals surface area contributed by atoms with Gasteiger partial charge in [0.05, 0.1) is 5.75 Å². The maximum Gasteiger partial charge on any atom is 0.218 e. The highest BCUT2D eigenvalue weighted by Gasteiger charge is 2.48. The first-order valence-electron chi connectivity index (χ1n) is 8.91. The number of sulfonamides is 1. The lowest BCUT2D eigenvalue weighted by molar-refractivity contribution is 0.261. The van der Waals surface area contributed by atoms with Crippen LogP contribution in [0, 0.1) is 11.8 Å². The summed E-state index contributed by atoms with van der Waals surface area (Å²) in [5.74, 6) is 0.745. The minimum absolute atomic E-state index is 0. The quantitative estimate of drug-likeness (QED) is 0.745. The van der Waals surface area contributed by atoms with Crippen molar-refractivity contribution in [1.82, 2.24) is 9.21 Å². The molecule has 0 saturated carbocycles. The Kier molecular flexibility index (Phi) is 6.18. The molecule has 0 radical (unpaired) electrons. The number of fused-ring (bicyclic) bond motifs is 1. The molecule has 0 aliphatic carbocycles. The SMILES string of the molecule is CN1C[C@H]2CN(S(=O)(=O)Cc3cccc(Cl)c3)C[C@H]2[C@@H]1c1ccccc1.Cl. The molecular formula is C20H24Cl2N2O2S. The van der Waals surface area contributed by atoms with Crippen LogP contribution in [0.2, 0.25) is 5.02 Å². The predicted octanol–water partition coefficient (Wildman–Crippen LogP) is 3.83. The molecule has 2 fully saturated rings. The first-order chi connectivity index (χ1) is 12.4. The summed E-state index contributed by atoms with van der Waals surface area (Å²) in [6, 6.07) is 17.8. The van der Waals surface area contributed by atoms with E-state index in [4.69, 9.17) is 11.6 Å². The fourth-order valence-corrected chi connectivity index (χ4v) is 6.34. The van der Waals surface area contributed by atoms with E-state index >= 15 is 0 Å². The van der Waals surface area contributed by atoms with Crippen molar-refractivity contribution >= 4 is 34.0 Å². The van der Waals surface area contributed by atoms with Crippen LogP contribution < -0.4 is 0 Å². The molecule has 4 rings (SSSR count). The van der Waals surface area contributed by atoms with Crippen LogP contribution in [-0.4, -0.2) is 44.3 Å². The van der Waals surface area contributed by atoms with E-state index in [1.54, 1.807) is 22.5 Å². The van der Waals surface area contributed by atoms with E-state index in [0.717, 1.165) is 12.1 Å². The van der Waals surface area contributed by atoms with E-state index in [-0.39, 0.29) is 24.2 Å². The lowest BCUT2D eigenvalue weighted by Crippen LogP contribution is -2.34. The molecule has 7 heteroatoms. The van der Waals surface area contributed by atoms with Crippen LogP contribution >= 0.6 is 24.0 Å². The van der Waals surface area contributed by atoms with Gasteiger partial charge in [-0.2, -0.15) is 0 Å². The maximum absolute atomic E-state index is 12.9. The standard InChI is InChI=1S/C20H23ClN2O2S.ClH/c1-22-11-17-12-23(13-19(17)20(22)16-7-3-2-4-8-16)26(24,25)14-15-6-5-9-18(21)10-15;/h2-10,17,19-20H,11-14H2,1H3;1H/t17-,19+,20-;/m0./s1. The highest BCUT2D eigenvalue weighted by atomic mass is 35.5. The minimum atomic E-state index is -3.34. The monoisotopic (exact) mass is 426 g/mol. The second-order valence-electron chi connectivity index (χ2n) is 7.42. The largest absolute Gasteiger partial charge is 0.299 e. The van der Waals surface area contributed by atoms with Crippen molar-refractivity contribution in [3.8, 4) is 0 Å². The van der Waals surface area contributed by atoms with Gasteiger partial charge < -0.3 is 0 Å². The van der Waals surface area contributed by atoms with Gasteiger partial charge in [-0.05, 0) is 42.1 Å². The van der Waals surface area contributed by atoms with Crippen molar-refractivity contribution in [1.29, 1.82) is 0 Å². The van der Waals surface area contributed by atoms with Crippen LogP contribution in [0.15, 0.2) is 54.6 Å². The van der Waals surface area contributed by atoms with Crippen molar-refractivity contribution in [2.75, 3.05) is 26.7 Å². The van der Waals surface area contributed by atoms with E-state index in [1.165, 1.54) is 5.56 Å². The molecule has 2 aromatic rings. The summed E-state index contributed by atoms with van der Waals surface area (Å²) in [4.78, 5) is 2.37. The third-order valence-corrected chi connectivity index (χ3v) is 7.65. The third kappa shape index (κ3) is 4.17. The zero-order valence-electron chi connectivity index (χ0n) is 15.2. The Bertz CT molecular complexity index is 892. The zero-order valence-corrected chi connectivity index (χ0v) is 17.6. The van der Waals surface area contributed by atoms with Gasteiger partial charge in [-0.25, -0.2) is 12.7 Å². The number of nitrogens with zero attached hydrogens (tertiary/aromatic N) is 2. The Balaban J connectivity index is 0.00000210. The smallest absolute Gasteiger partial charge is 0.218 e. The van der Waals surface area contributed by atoms with Crippen molar-refractivity contribution in [3.05, 3.63) is 70.7 Å². The first-order valence-corrected chi connectivity index (χ1v) is 10.9. The summed E-state index contributed by atoms with van der Waals surface area (Å²) < 4.78 is 27.6. The van der Waals surface area contributed by atoms with Crippen LogP contribution in [0.4, 0.5) is 0 Å². The average Bonchev–Trinajstić information content (AvgIpc) is 3.12. The summed E-state index contributed by atoms with van der Waals surface area (Å²) in [5, 5.41) is 0.571. The Hall–Kier alpha value is -1.11. The number of benzene rings is 2. The van der Waals surface area contributed by atoms with Gasteiger partial charge >= 0.3 is 0 Å². The highest BCUT2D eigenvalue weighted by molar-refractivity contribution is 7.88. The van der Waals surface area contributed by atoms with Crippen LogP contribution in [0.5, 0.6) is 0 Å². The van der Waals surface area contributed by atoms with Gasteiger partial charge in [-0.1, -0.05) is 54.1 Å². The molecule has 0 aromatic heterocycles. The van der Waals surface area contributed by atoms with Gasteiger partial charge in [-0.3, -0.25) is 4.90 Å². The van der Waals surface area contributed by atoms with Crippen molar-refractivity contribution < 1.29 is 8.42 Å². The normalized spacial score (nSPS) is 25.9. The molecule has 2 heterocycles. The lowest BCUT2D eigenvalue weighted by Gasteiger charge is -2.26. The van der Waals surface area contributed by atoms with Gasteiger partial charge in [0.2, 0.25) is 10.0 Å². The molecule has 2 aliphatic rings. The molecule has 2 saturated heterocycles. The van der Waals surface area contributed by atoms with Crippen LogP contribution in [0.1, 0.15) is 17.2 Å². The third-order valence-electron chi connectivity index (χ3n) is 5.63. The second-order valence-corrected chi connectivity index (χ2v) is 9.83. The van der Waals surface area contributed by atoms with E-state index in [2.05, 4.69) is 36.2 Å². The fourth-order valence-electron chi connectivity index (χ4n) is 4.52. The molecule has 2 aliphatic heterocycles. The van der Waals surface area contributed by atoms with Crippen molar-refractivity contribution in [3.63, 3.8) is 0 Å². The first kappa shape index (κ1) is 20.6. The number of rotatable bonds is 4. The van der Waals surface area contributed by atoms with E-state index in [0.29, 0.717) is 29.9 Å². The average molecular weight is 427 g/mol. The Morgan fingerprint density at radius 3 is 2.48 bits per heavy atom. The minimum Gasteiger partial charge on any atom is -0.299 e. The van der Waals surface area contributed by atoms with Gasteiger partial charge in [0.15, 0.2) is 0 Å². The molecule has 0 amide bonds. The molecule has 146 valence electrons. The second kappa shape index (κ2) is 8.10. The highest BCUT2D eigenvalue weighted by Crippen LogP contribution is 2.44. The summed E-state index contributed by atoms with van der Waals surface area (Å²) in [5.41, 5.74) is 2.02. The number of likely N-dealkylation sites (tertiary alicyclic amines) is 1. The Labute approximate surface area is 172 Å². The van der Waals surface area contributed by atoms with Gasteiger partial charge in [0, 0.05) is 30.7 Å². The van der Waals surface area contributed by atoms with Crippen molar-refractivity contribution in [2.24, 2.45) is 11.8 Å². The van der Waals surface area contributed by atoms with E-state index < -0.39 is 10.0 Å². The Morgan fingerprint density at radius 1 is 1.04 bits per heavy atom. The lowest BCUT2D eigenvalue weighted by atomic mass is 9.90.